The zero-order valence-electron chi connectivity index (χ0n) is 15.1. The molecular formula is C21H19NO5. The molecule has 6 nitrogen and oxygen atoms in total. The van der Waals surface area contributed by atoms with Crippen molar-refractivity contribution in [3.63, 3.8) is 0 Å². The zero-order chi connectivity index (χ0) is 19.4. The van der Waals surface area contributed by atoms with E-state index in [9.17, 15) is 9.90 Å². The number of carbonyl (C=O) groups is 1. The quantitative estimate of drug-likeness (QED) is 0.509. The van der Waals surface area contributed by atoms with Crippen molar-refractivity contribution in [3.8, 4) is 17.2 Å². The molecule has 0 spiro atoms. The fourth-order valence-corrected chi connectivity index (χ4v) is 2.57. The van der Waals surface area contributed by atoms with E-state index in [1.807, 2.05) is 30.3 Å². The normalized spacial score (nSPS) is 10.4. The second-order valence-electron chi connectivity index (χ2n) is 5.86. The largest absolute Gasteiger partial charge is 0.505 e. The van der Waals surface area contributed by atoms with Crippen molar-refractivity contribution < 1.29 is 24.1 Å². The predicted octanol–water partition coefficient (Wildman–Crippen LogP) is 4.57. The van der Waals surface area contributed by atoms with E-state index in [2.05, 4.69) is 11.6 Å². The predicted molar refractivity (Wildman–Crippen MR) is 101 cm³/mol. The lowest BCUT2D eigenvalue weighted by Crippen LogP contribution is -2.08. The van der Waals surface area contributed by atoms with E-state index in [1.54, 1.807) is 25.1 Å². The molecular weight excluding hydrogens is 346 g/mol. The molecule has 0 aliphatic carbocycles. The molecule has 0 radical (unpaired) electrons. The topological polar surface area (TPSA) is 77.9 Å². The van der Waals surface area contributed by atoms with Crippen LogP contribution in [0.25, 0.3) is 10.8 Å². The van der Waals surface area contributed by atoms with Gasteiger partial charge in [0.1, 0.15) is 18.1 Å². The molecule has 0 aliphatic heterocycles. The Labute approximate surface area is 156 Å². The van der Waals surface area contributed by atoms with Gasteiger partial charge in [0.15, 0.2) is 11.4 Å². The lowest BCUT2D eigenvalue weighted by Gasteiger charge is -2.13. The van der Waals surface area contributed by atoms with Crippen LogP contribution in [0.4, 0.5) is 0 Å². The summed E-state index contributed by atoms with van der Waals surface area (Å²) in [6, 6.07) is 14.4. The van der Waals surface area contributed by atoms with Crippen molar-refractivity contribution in [2.45, 2.75) is 13.5 Å². The van der Waals surface area contributed by atoms with Gasteiger partial charge >= 0.3 is 5.97 Å². The number of benzene rings is 2. The molecule has 6 heteroatoms. The third kappa shape index (κ3) is 4.00. The first-order valence-corrected chi connectivity index (χ1v) is 8.24. The number of allylic oxidation sites excluding steroid dienone is 1. The summed E-state index contributed by atoms with van der Waals surface area (Å²) in [4.78, 5) is 16.2. The van der Waals surface area contributed by atoms with Gasteiger partial charge in [-0.3, -0.25) is 0 Å². The van der Waals surface area contributed by atoms with Crippen LogP contribution in [0.2, 0.25) is 0 Å². The summed E-state index contributed by atoms with van der Waals surface area (Å²) in [6.07, 6.45) is 0. The van der Waals surface area contributed by atoms with Gasteiger partial charge in [0.25, 0.3) is 0 Å². The molecule has 27 heavy (non-hydrogen) atoms. The third-order valence-corrected chi connectivity index (χ3v) is 3.84. The molecule has 0 amide bonds. The van der Waals surface area contributed by atoms with E-state index in [1.165, 1.54) is 7.11 Å². The summed E-state index contributed by atoms with van der Waals surface area (Å²) in [7, 11) is 1.23. The molecule has 2 aromatic carbocycles. The minimum Gasteiger partial charge on any atom is -0.505 e. The number of para-hydroxylation sites is 1. The molecule has 0 unspecified atom stereocenters. The van der Waals surface area contributed by atoms with Gasteiger partial charge in [-0.1, -0.05) is 24.8 Å². The second-order valence-corrected chi connectivity index (χ2v) is 5.86. The maximum absolute atomic E-state index is 11.9. The highest BCUT2D eigenvalue weighted by molar-refractivity contribution is 6.00. The lowest BCUT2D eigenvalue weighted by molar-refractivity contribution is 0.0590. The van der Waals surface area contributed by atoms with Crippen LogP contribution in [0, 0.1) is 0 Å². The Hall–Kier alpha value is -3.54. The number of methoxy groups -OCH3 is 1. The number of ether oxygens (including phenoxy) is 3. The second kappa shape index (κ2) is 7.78. The van der Waals surface area contributed by atoms with Crippen LogP contribution in [0.1, 0.15) is 23.1 Å². The van der Waals surface area contributed by atoms with Crippen LogP contribution >= 0.6 is 0 Å². The van der Waals surface area contributed by atoms with Crippen LogP contribution in [0.3, 0.4) is 0 Å². The van der Waals surface area contributed by atoms with Crippen molar-refractivity contribution in [1.82, 2.24) is 4.98 Å². The van der Waals surface area contributed by atoms with E-state index in [4.69, 9.17) is 14.2 Å². The van der Waals surface area contributed by atoms with Gasteiger partial charge < -0.3 is 19.3 Å². The number of esters is 1. The minimum absolute atomic E-state index is 0.0882. The molecule has 3 aromatic rings. The Balaban J connectivity index is 2.10. The number of nitrogens with zero attached hydrogens (tertiary/aromatic N) is 1. The highest BCUT2D eigenvalue weighted by Crippen LogP contribution is 2.34. The number of aromatic nitrogens is 1. The molecule has 138 valence electrons. The fourth-order valence-electron chi connectivity index (χ4n) is 2.57. The molecule has 0 atom stereocenters. The summed E-state index contributed by atoms with van der Waals surface area (Å²) in [5, 5.41) is 11.5. The van der Waals surface area contributed by atoms with Crippen molar-refractivity contribution in [1.29, 1.82) is 0 Å². The molecule has 1 N–H and O–H groups in total. The fraction of sp³-hybridized carbons (Fsp3) is 0.143. The van der Waals surface area contributed by atoms with Gasteiger partial charge in [-0.15, -0.1) is 0 Å². The van der Waals surface area contributed by atoms with Crippen LogP contribution in [0.5, 0.6) is 17.2 Å². The monoisotopic (exact) mass is 365 g/mol. The minimum atomic E-state index is -0.726. The molecule has 1 heterocycles. The summed E-state index contributed by atoms with van der Waals surface area (Å²) in [6.45, 7) is 5.50. The van der Waals surface area contributed by atoms with E-state index in [-0.39, 0.29) is 18.1 Å². The van der Waals surface area contributed by atoms with Gasteiger partial charge in [-0.05, 0) is 37.3 Å². The van der Waals surface area contributed by atoms with Crippen LogP contribution in [-0.2, 0) is 16.1 Å². The van der Waals surface area contributed by atoms with Crippen LogP contribution < -0.4 is 4.74 Å². The number of fused-ring (bicyclic) bond motifs is 1. The van der Waals surface area contributed by atoms with E-state index in [0.717, 1.165) is 0 Å². The van der Waals surface area contributed by atoms with E-state index in [0.29, 0.717) is 33.7 Å². The van der Waals surface area contributed by atoms with Crippen molar-refractivity contribution in [3.05, 3.63) is 72.3 Å². The summed E-state index contributed by atoms with van der Waals surface area (Å²) < 4.78 is 16.0. The number of carbonyl (C=O) groups excluding carboxylic acids is 1. The first-order valence-electron chi connectivity index (χ1n) is 8.24. The maximum Gasteiger partial charge on any atom is 0.360 e. The first-order chi connectivity index (χ1) is 13.0. The summed E-state index contributed by atoms with van der Waals surface area (Å²) in [5.41, 5.74) is 0.298. The third-order valence-electron chi connectivity index (χ3n) is 3.84. The van der Waals surface area contributed by atoms with Crippen molar-refractivity contribution >= 4 is 16.7 Å². The number of pyridine rings is 1. The van der Waals surface area contributed by atoms with Crippen LogP contribution in [-0.4, -0.2) is 23.2 Å². The number of aromatic hydroxyl groups is 1. The Morgan fingerprint density at radius 3 is 2.52 bits per heavy atom. The maximum atomic E-state index is 11.9. The van der Waals surface area contributed by atoms with Gasteiger partial charge in [-0.2, -0.15) is 0 Å². The van der Waals surface area contributed by atoms with Gasteiger partial charge in [0.2, 0.25) is 0 Å². The zero-order valence-corrected chi connectivity index (χ0v) is 15.1. The molecule has 0 aliphatic rings. The van der Waals surface area contributed by atoms with Crippen molar-refractivity contribution in [2.75, 3.05) is 7.11 Å². The first kappa shape index (κ1) is 18.3. The Kier molecular flexibility index (Phi) is 5.26. The van der Waals surface area contributed by atoms with Gasteiger partial charge in [0, 0.05) is 10.8 Å². The summed E-state index contributed by atoms with van der Waals surface area (Å²) >= 11 is 0. The average molecular weight is 365 g/mol. The summed E-state index contributed by atoms with van der Waals surface area (Å²) in [5.74, 6) is 0.782. The lowest BCUT2D eigenvalue weighted by atomic mass is 10.1. The van der Waals surface area contributed by atoms with E-state index < -0.39 is 5.97 Å². The molecule has 3 rings (SSSR count). The van der Waals surface area contributed by atoms with Crippen molar-refractivity contribution in [2.24, 2.45) is 0 Å². The Morgan fingerprint density at radius 2 is 1.85 bits per heavy atom. The number of rotatable bonds is 6. The highest BCUT2D eigenvalue weighted by Gasteiger charge is 2.20. The molecule has 0 bridgehead atoms. The molecule has 1 aromatic heterocycles. The molecule has 0 fully saturated rings. The smallest absolute Gasteiger partial charge is 0.360 e. The average Bonchev–Trinajstić information content (AvgIpc) is 2.67. The highest BCUT2D eigenvalue weighted by atomic mass is 16.5. The van der Waals surface area contributed by atoms with Gasteiger partial charge in [0.05, 0.1) is 18.6 Å². The number of hydrogen-bond donors (Lipinski definition) is 1. The molecule has 0 saturated carbocycles. The standard InChI is InChI=1S/C21H19NO5/c1-13(2)26-12-18-17-11-15(27-14-7-5-4-6-8-14)9-10-16(17)20(23)19(22-18)21(24)25-3/h4-11,23H,1,12H2,2-3H3. The SMILES string of the molecule is C=C(C)OCc1nc(C(=O)OC)c(O)c2ccc(Oc3ccccc3)cc12. The molecule has 0 saturated heterocycles. The Bertz CT molecular complexity index is 998. The Morgan fingerprint density at radius 1 is 1.11 bits per heavy atom. The van der Waals surface area contributed by atoms with E-state index >= 15 is 0 Å². The number of hydrogen-bond acceptors (Lipinski definition) is 6. The van der Waals surface area contributed by atoms with Crippen LogP contribution in [0.15, 0.2) is 60.9 Å². The van der Waals surface area contributed by atoms with Gasteiger partial charge in [-0.25, -0.2) is 9.78 Å².